The molecule has 0 radical (unpaired) electrons. The maximum Gasteiger partial charge on any atom is 0.244 e. The maximum absolute atomic E-state index is 12.8. The molecule has 38 heavy (non-hydrogen) atoms. The number of likely N-dealkylation sites (tertiary alicyclic amines) is 1. The van der Waals surface area contributed by atoms with Crippen LogP contribution in [0.1, 0.15) is 19.8 Å². The Morgan fingerprint density at radius 3 is 2.55 bits per heavy atom. The fourth-order valence-electron chi connectivity index (χ4n) is 4.00. The average Bonchev–Trinajstić information content (AvgIpc) is 2.89. The van der Waals surface area contributed by atoms with Crippen molar-refractivity contribution in [2.24, 2.45) is 0 Å². The topological polar surface area (TPSA) is 109 Å². The van der Waals surface area contributed by atoms with E-state index in [1.807, 2.05) is 25.1 Å². The average molecular weight is 561 g/mol. The molecule has 12 heteroatoms. The van der Waals surface area contributed by atoms with Gasteiger partial charge in [-0.05, 0) is 51.1 Å². The Balaban J connectivity index is 1.56. The van der Waals surface area contributed by atoms with E-state index >= 15 is 0 Å². The molecule has 1 fully saturated rings. The molecule has 1 aliphatic rings. The van der Waals surface area contributed by atoms with Crippen LogP contribution in [-0.4, -0.2) is 74.5 Å². The summed E-state index contributed by atoms with van der Waals surface area (Å²) in [6.07, 6.45) is 3.58. The molecule has 3 aromatic rings. The zero-order valence-corrected chi connectivity index (χ0v) is 23.5. The monoisotopic (exact) mass is 560 g/mol. The molecule has 0 spiro atoms. The number of ether oxygens (including phenoxy) is 2. The van der Waals surface area contributed by atoms with Crippen molar-refractivity contribution in [1.82, 2.24) is 19.2 Å². The molecule has 10 nitrogen and oxygen atoms in total. The zero-order chi connectivity index (χ0) is 27.3. The smallest absolute Gasteiger partial charge is 0.244 e. The Morgan fingerprint density at radius 1 is 1.11 bits per heavy atom. The van der Waals surface area contributed by atoms with E-state index in [9.17, 15) is 8.42 Å². The van der Waals surface area contributed by atoms with Gasteiger partial charge in [-0.2, -0.15) is 4.98 Å². The molecule has 2 heterocycles. The Kier molecular flexibility index (Phi) is 8.93. The Hall–Kier alpha value is -3.12. The molecule has 2 aromatic carbocycles. The Labute approximate surface area is 229 Å². The highest BCUT2D eigenvalue weighted by Gasteiger charge is 2.22. The lowest BCUT2D eigenvalue weighted by atomic mass is 10.1. The van der Waals surface area contributed by atoms with Crippen molar-refractivity contribution in [2.45, 2.75) is 30.8 Å². The van der Waals surface area contributed by atoms with E-state index in [0.29, 0.717) is 23.7 Å². The highest BCUT2D eigenvalue weighted by Crippen LogP contribution is 2.34. The lowest BCUT2D eigenvalue weighted by Gasteiger charge is -2.29. The van der Waals surface area contributed by atoms with E-state index < -0.39 is 10.0 Å². The molecule has 0 atom stereocenters. The minimum atomic E-state index is -3.69. The van der Waals surface area contributed by atoms with Gasteiger partial charge in [0.25, 0.3) is 0 Å². The summed E-state index contributed by atoms with van der Waals surface area (Å²) in [7, 11) is 1.38. The standard InChI is InChI=1S/C26H33ClN6O4S/c1-5-36-23-16-19(37-18-12-14-33(4)15-13-18)10-11-21(23)30-26-28-17-20(27)25(31-26)29-22-8-6-7-9-24(22)38(34,35)32(2)3/h6-11,16-18H,5,12-15H2,1-4H3,(H2,28,29,30,31). The number of benzene rings is 2. The Bertz CT molecular complexity index is 1360. The van der Waals surface area contributed by atoms with Crippen molar-refractivity contribution < 1.29 is 17.9 Å². The van der Waals surface area contributed by atoms with Crippen LogP contribution in [-0.2, 0) is 10.0 Å². The highest BCUT2D eigenvalue weighted by molar-refractivity contribution is 7.89. The molecule has 2 N–H and O–H groups in total. The number of hydrogen-bond acceptors (Lipinski definition) is 9. The fraction of sp³-hybridized carbons (Fsp3) is 0.385. The lowest BCUT2D eigenvalue weighted by molar-refractivity contribution is 0.114. The molecule has 0 amide bonds. The first-order valence-electron chi connectivity index (χ1n) is 12.4. The minimum Gasteiger partial charge on any atom is -0.492 e. The number of para-hydroxylation sites is 1. The maximum atomic E-state index is 12.8. The van der Waals surface area contributed by atoms with Crippen LogP contribution in [0.4, 0.5) is 23.1 Å². The van der Waals surface area contributed by atoms with Gasteiger partial charge < -0.3 is 25.0 Å². The van der Waals surface area contributed by atoms with Gasteiger partial charge in [0.15, 0.2) is 5.82 Å². The summed E-state index contributed by atoms with van der Waals surface area (Å²) < 4.78 is 38.8. The molecule has 1 saturated heterocycles. The van der Waals surface area contributed by atoms with E-state index in [0.717, 1.165) is 36.0 Å². The first kappa shape index (κ1) is 27.9. The highest BCUT2D eigenvalue weighted by atomic mass is 35.5. The summed E-state index contributed by atoms with van der Waals surface area (Å²) in [5.74, 6) is 1.86. The van der Waals surface area contributed by atoms with Crippen LogP contribution in [0.3, 0.4) is 0 Å². The number of anilines is 4. The normalized spacial score (nSPS) is 14.9. The largest absolute Gasteiger partial charge is 0.492 e. The van der Waals surface area contributed by atoms with E-state index in [1.54, 1.807) is 18.2 Å². The summed E-state index contributed by atoms with van der Waals surface area (Å²) in [6.45, 7) is 4.41. The van der Waals surface area contributed by atoms with Crippen LogP contribution < -0.4 is 20.1 Å². The number of piperidine rings is 1. The van der Waals surface area contributed by atoms with Gasteiger partial charge in [-0.3, -0.25) is 0 Å². The van der Waals surface area contributed by atoms with Crippen LogP contribution in [0.15, 0.2) is 53.6 Å². The van der Waals surface area contributed by atoms with Gasteiger partial charge in [-0.25, -0.2) is 17.7 Å². The second kappa shape index (κ2) is 12.2. The fourth-order valence-corrected chi connectivity index (χ4v) is 5.18. The predicted molar refractivity (Wildman–Crippen MR) is 150 cm³/mol. The lowest BCUT2D eigenvalue weighted by Crippen LogP contribution is -2.35. The van der Waals surface area contributed by atoms with Crippen molar-refractivity contribution in [3.8, 4) is 11.5 Å². The van der Waals surface area contributed by atoms with Crippen LogP contribution in [0.25, 0.3) is 0 Å². The molecule has 0 unspecified atom stereocenters. The summed E-state index contributed by atoms with van der Waals surface area (Å²) >= 11 is 6.36. The van der Waals surface area contributed by atoms with Crippen molar-refractivity contribution in [3.63, 3.8) is 0 Å². The summed E-state index contributed by atoms with van der Waals surface area (Å²) in [5, 5.41) is 6.45. The van der Waals surface area contributed by atoms with E-state index in [1.165, 1.54) is 26.4 Å². The van der Waals surface area contributed by atoms with Gasteiger partial charge in [0, 0.05) is 33.3 Å². The Morgan fingerprint density at radius 2 is 1.84 bits per heavy atom. The van der Waals surface area contributed by atoms with Crippen LogP contribution in [0, 0.1) is 0 Å². The van der Waals surface area contributed by atoms with Crippen molar-refractivity contribution in [3.05, 3.63) is 53.7 Å². The molecular formula is C26H33ClN6O4S. The van der Waals surface area contributed by atoms with Crippen molar-refractivity contribution in [1.29, 1.82) is 0 Å². The number of hydrogen-bond donors (Lipinski definition) is 2. The SMILES string of the molecule is CCOc1cc(OC2CCN(C)CC2)ccc1Nc1ncc(Cl)c(Nc2ccccc2S(=O)(=O)N(C)C)n1. The third-order valence-electron chi connectivity index (χ3n) is 6.11. The summed E-state index contributed by atoms with van der Waals surface area (Å²) in [4.78, 5) is 11.2. The zero-order valence-electron chi connectivity index (χ0n) is 21.9. The van der Waals surface area contributed by atoms with Gasteiger partial charge in [0.05, 0.1) is 24.2 Å². The van der Waals surface area contributed by atoms with Crippen molar-refractivity contribution in [2.75, 3.05) is 51.5 Å². The van der Waals surface area contributed by atoms with Crippen LogP contribution in [0.2, 0.25) is 5.02 Å². The molecule has 4 rings (SSSR count). The van der Waals surface area contributed by atoms with Gasteiger partial charge in [0.2, 0.25) is 16.0 Å². The van der Waals surface area contributed by atoms with Gasteiger partial charge in [-0.15, -0.1) is 0 Å². The number of nitrogens with zero attached hydrogens (tertiary/aromatic N) is 4. The number of halogens is 1. The quantitative estimate of drug-likeness (QED) is 0.363. The van der Waals surface area contributed by atoms with Crippen LogP contribution in [0.5, 0.6) is 11.5 Å². The molecule has 0 aliphatic carbocycles. The molecular weight excluding hydrogens is 528 g/mol. The first-order valence-corrected chi connectivity index (χ1v) is 14.2. The number of aromatic nitrogens is 2. The number of sulfonamides is 1. The number of rotatable bonds is 10. The molecule has 204 valence electrons. The third kappa shape index (κ3) is 6.65. The van der Waals surface area contributed by atoms with Gasteiger partial charge in [0.1, 0.15) is 27.5 Å². The van der Waals surface area contributed by atoms with Gasteiger partial charge in [-0.1, -0.05) is 23.7 Å². The van der Waals surface area contributed by atoms with Crippen molar-refractivity contribution >= 4 is 44.8 Å². The summed E-state index contributed by atoms with van der Waals surface area (Å²) in [6, 6.07) is 12.2. The van der Waals surface area contributed by atoms with E-state index in [4.69, 9.17) is 21.1 Å². The molecule has 0 saturated carbocycles. The second-order valence-electron chi connectivity index (χ2n) is 9.14. The summed E-state index contributed by atoms with van der Waals surface area (Å²) in [5.41, 5.74) is 1.00. The van der Waals surface area contributed by atoms with E-state index in [-0.39, 0.29) is 27.8 Å². The number of nitrogens with one attached hydrogen (secondary N) is 2. The second-order valence-corrected chi connectivity index (χ2v) is 11.7. The third-order valence-corrected chi connectivity index (χ3v) is 8.26. The van der Waals surface area contributed by atoms with Gasteiger partial charge >= 0.3 is 0 Å². The minimum absolute atomic E-state index is 0.105. The van der Waals surface area contributed by atoms with E-state index in [2.05, 4.69) is 32.5 Å². The first-order chi connectivity index (χ1) is 18.2. The molecule has 1 aliphatic heterocycles. The van der Waals surface area contributed by atoms with Crippen LogP contribution >= 0.6 is 11.6 Å². The predicted octanol–water partition coefficient (Wildman–Crippen LogP) is 4.74. The molecule has 0 bridgehead atoms. The molecule has 1 aromatic heterocycles.